The monoisotopic (exact) mass is 305 g/mol. The molecule has 2 aliphatic carbocycles. The van der Waals surface area contributed by atoms with Gasteiger partial charge in [-0.05, 0) is 54.9 Å². The van der Waals surface area contributed by atoms with Crippen LogP contribution in [0, 0.1) is 0 Å². The minimum Gasteiger partial charge on any atom is -0.211 e. The number of nitrogens with zero attached hydrogens (tertiary/aromatic N) is 1. The number of hydrogen-bond donors (Lipinski definition) is 0. The number of carbonyl (C=O) groups excluding carboxylic acids is 1. The maximum atomic E-state index is 10.8. The average Bonchev–Trinajstić information content (AvgIpc) is 2.98. The Kier molecular flexibility index (Phi) is 3.13. The maximum Gasteiger partial charge on any atom is 0.235 e. The first kappa shape index (κ1) is 12.1. The van der Waals surface area contributed by atoms with Crippen molar-refractivity contribution in [2.75, 3.05) is 0 Å². The van der Waals surface area contributed by atoms with Gasteiger partial charge in [0.1, 0.15) is 0 Å². The third kappa shape index (κ3) is 1.86. The summed E-state index contributed by atoms with van der Waals surface area (Å²) in [4.78, 5) is 14.9. The van der Waals surface area contributed by atoms with Crippen LogP contribution in [0.4, 0.5) is 0 Å². The lowest BCUT2D eigenvalue weighted by Gasteiger charge is -2.24. The molecule has 0 heterocycles. The Bertz CT molecular complexity index is 526. The van der Waals surface area contributed by atoms with Gasteiger partial charge in [-0.25, -0.2) is 4.79 Å². The molecule has 0 amide bonds. The first-order chi connectivity index (χ1) is 8.75. The molecule has 0 aromatic heterocycles. The first-order valence-corrected chi connectivity index (χ1v) is 7.45. The van der Waals surface area contributed by atoms with Crippen molar-refractivity contribution in [1.29, 1.82) is 0 Å². The van der Waals surface area contributed by atoms with Gasteiger partial charge in [-0.1, -0.05) is 34.8 Å². The van der Waals surface area contributed by atoms with Gasteiger partial charge >= 0.3 is 0 Å². The second kappa shape index (κ2) is 4.64. The van der Waals surface area contributed by atoms with Crippen LogP contribution < -0.4 is 0 Å². The quantitative estimate of drug-likeness (QED) is 0.599. The van der Waals surface area contributed by atoms with Gasteiger partial charge in [0.25, 0.3) is 0 Å². The summed E-state index contributed by atoms with van der Waals surface area (Å²) in [5, 5.41) is 0. The molecule has 2 aliphatic rings. The molecule has 94 valence electrons. The highest BCUT2D eigenvalue weighted by Gasteiger charge is 2.36. The average molecular weight is 306 g/mol. The number of halogens is 1. The molecule has 1 aromatic rings. The van der Waals surface area contributed by atoms with Crippen molar-refractivity contribution in [3.63, 3.8) is 0 Å². The molecule has 0 unspecified atom stereocenters. The Hall–Kier alpha value is -0.920. The summed E-state index contributed by atoms with van der Waals surface area (Å²) in [6.45, 7) is 0. The smallest absolute Gasteiger partial charge is 0.211 e. The van der Waals surface area contributed by atoms with Gasteiger partial charge < -0.3 is 0 Å². The van der Waals surface area contributed by atoms with Gasteiger partial charge in [0.2, 0.25) is 6.08 Å². The van der Waals surface area contributed by atoms with Gasteiger partial charge in [0.15, 0.2) is 0 Å². The highest BCUT2D eigenvalue weighted by molar-refractivity contribution is 9.10. The van der Waals surface area contributed by atoms with E-state index in [4.69, 9.17) is 0 Å². The van der Waals surface area contributed by atoms with Crippen molar-refractivity contribution in [3.05, 3.63) is 33.3 Å². The van der Waals surface area contributed by atoms with E-state index in [0.29, 0.717) is 0 Å². The summed E-state index contributed by atoms with van der Waals surface area (Å²) in [6.07, 6.45) is 9.62. The molecule has 0 radical (unpaired) electrons. The number of aliphatic imine (C=N–C) groups is 1. The van der Waals surface area contributed by atoms with Crippen LogP contribution in [0.25, 0.3) is 0 Å². The van der Waals surface area contributed by atoms with Gasteiger partial charge in [-0.3, -0.25) is 0 Å². The van der Waals surface area contributed by atoms with Crippen LogP contribution >= 0.6 is 15.9 Å². The predicted octanol–water partition coefficient (Wildman–Crippen LogP) is 4.04. The van der Waals surface area contributed by atoms with E-state index >= 15 is 0 Å². The minimum absolute atomic E-state index is 0.290. The van der Waals surface area contributed by atoms with E-state index in [2.05, 4.69) is 33.1 Å². The molecule has 2 nitrogen and oxygen atoms in total. The molecule has 18 heavy (non-hydrogen) atoms. The van der Waals surface area contributed by atoms with Gasteiger partial charge in [-0.2, -0.15) is 4.99 Å². The molecule has 0 N–H and O–H groups in total. The first-order valence-electron chi connectivity index (χ1n) is 6.66. The topological polar surface area (TPSA) is 29.4 Å². The standard InChI is InChI=1S/C15H16BrNO/c16-14-9-12(8-11-4-3-5-13(11)14)15(17-10-18)6-1-2-7-15/h8-9H,1-7H2. The number of isocyanates is 1. The lowest BCUT2D eigenvalue weighted by atomic mass is 9.87. The molecule has 0 aliphatic heterocycles. The van der Waals surface area contributed by atoms with Crippen LogP contribution in [0.3, 0.4) is 0 Å². The fourth-order valence-corrected chi connectivity index (χ4v) is 4.13. The van der Waals surface area contributed by atoms with Crippen molar-refractivity contribution in [1.82, 2.24) is 0 Å². The molecule has 1 aromatic carbocycles. The molecule has 1 saturated carbocycles. The molecular weight excluding hydrogens is 290 g/mol. The lowest BCUT2D eigenvalue weighted by Crippen LogP contribution is -2.19. The van der Waals surface area contributed by atoms with Crippen molar-refractivity contribution in [2.24, 2.45) is 4.99 Å². The van der Waals surface area contributed by atoms with Crippen LogP contribution in [0.5, 0.6) is 0 Å². The third-order valence-electron chi connectivity index (χ3n) is 4.39. The Morgan fingerprint density at radius 2 is 1.94 bits per heavy atom. The molecule has 1 fully saturated rings. The second-order valence-electron chi connectivity index (χ2n) is 5.39. The van der Waals surface area contributed by atoms with Gasteiger partial charge in [-0.15, -0.1) is 0 Å². The number of rotatable bonds is 2. The minimum atomic E-state index is -0.290. The van der Waals surface area contributed by atoms with E-state index in [0.717, 1.165) is 32.1 Å². The highest BCUT2D eigenvalue weighted by atomic mass is 79.9. The van der Waals surface area contributed by atoms with Crippen molar-refractivity contribution in [3.8, 4) is 0 Å². The predicted molar refractivity (Wildman–Crippen MR) is 74.4 cm³/mol. The van der Waals surface area contributed by atoms with Crippen molar-refractivity contribution in [2.45, 2.75) is 50.5 Å². The lowest BCUT2D eigenvalue weighted by molar-refractivity contribution is 0.455. The summed E-state index contributed by atoms with van der Waals surface area (Å²) >= 11 is 3.68. The normalized spacial score (nSPS) is 20.5. The summed E-state index contributed by atoms with van der Waals surface area (Å²) in [5.74, 6) is 0. The SMILES string of the molecule is O=C=NC1(c2cc(Br)c3c(c2)CCC3)CCCC1. The number of hydrogen-bond acceptors (Lipinski definition) is 2. The molecule has 0 bridgehead atoms. The fourth-order valence-electron chi connectivity index (χ4n) is 3.43. The maximum absolute atomic E-state index is 10.8. The zero-order chi connectivity index (χ0) is 12.6. The van der Waals surface area contributed by atoms with Crippen LogP contribution in [0.1, 0.15) is 48.8 Å². The summed E-state index contributed by atoms with van der Waals surface area (Å²) < 4.78 is 1.19. The molecule has 3 heteroatoms. The summed E-state index contributed by atoms with van der Waals surface area (Å²) in [6, 6.07) is 4.45. The van der Waals surface area contributed by atoms with Crippen LogP contribution in [-0.4, -0.2) is 6.08 Å². The summed E-state index contributed by atoms with van der Waals surface area (Å²) in [5.41, 5.74) is 3.80. The fraction of sp³-hybridized carbons (Fsp3) is 0.533. The van der Waals surface area contributed by atoms with Gasteiger partial charge in [0, 0.05) is 4.47 Å². The van der Waals surface area contributed by atoms with E-state index in [1.54, 1.807) is 6.08 Å². The zero-order valence-corrected chi connectivity index (χ0v) is 11.9. The van der Waals surface area contributed by atoms with Crippen molar-refractivity contribution >= 4 is 22.0 Å². The molecule has 3 rings (SSSR count). The molecule has 0 spiro atoms. The largest absolute Gasteiger partial charge is 0.235 e. The van der Waals surface area contributed by atoms with E-state index in [-0.39, 0.29) is 5.54 Å². The Balaban J connectivity index is 2.11. The van der Waals surface area contributed by atoms with E-state index in [1.807, 2.05) is 0 Å². The Morgan fingerprint density at radius 1 is 1.17 bits per heavy atom. The molecular formula is C15H16BrNO. The Labute approximate surface area is 116 Å². The van der Waals surface area contributed by atoms with E-state index in [9.17, 15) is 4.79 Å². The second-order valence-corrected chi connectivity index (χ2v) is 6.25. The van der Waals surface area contributed by atoms with Gasteiger partial charge in [0.05, 0.1) is 5.54 Å². The molecule has 0 atom stereocenters. The number of benzene rings is 1. The van der Waals surface area contributed by atoms with E-state index < -0.39 is 0 Å². The van der Waals surface area contributed by atoms with Crippen LogP contribution in [0.2, 0.25) is 0 Å². The van der Waals surface area contributed by atoms with Crippen molar-refractivity contribution < 1.29 is 4.79 Å². The summed E-state index contributed by atoms with van der Waals surface area (Å²) in [7, 11) is 0. The van der Waals surface area contributed by atoms with E-state index in [1.165, 1.54) is 34.0 Å². The number of fused-ring (bicyclic) bond motifs is 1. The highest BCUT2D eigenvalue weighted by Crippen LogP contribution is 2.44. The Morgan fingerprint density at radius 3 is 2.67 bits per heavy atom. The molecule has 0 saturated heterocycles. The third-order valence-corrected chi connectivity index (χ3v) is 5.10. The van der Waals surface area contributed by atoms with Crippen LogP contribution in [-0.2, 0) is 23.2 Å². The zero-order valence-electron chi connectivity index (χ0n) is 10.3. The van der Waals surface area contributed by atoms with Crippen LogP contribution in [0.15, 0.2) is 21.6 Å². The number of aryl methyl sites for hydroxylation is 1.